The van der Waals surface area contributed by atoms with Gasteiger partial charge in [-0.1, -0.05) is 18.2 Å². The summed E-state index contributed by atoms with van der Waals surface area (Å²) in [5.41, 5.74) is 1.19. The number of amides is 1. The van der Waals surface area contributed by atoms with Gasteiger partial charge in [-0.25, -0.2) is 4.79 Å². The van der Waals surface area contributed by atoms with Crippen LogP contribution in [-0.2, 0) is 10.3 Å². The van der Waals surface area contributed by atoms with E-state index in [1.165, 1.54) is 4.90 Å². The predicted molar refractivity (Wildman–Crippen MR) is 63.5 cm³/mol. The topological polar surface area (TPSA) is 53.3 Å². The van der Waals surface area contributed by atoms with Crippen LogP contribution in [0.1, 0.15) is 25.8 Å². The van der Waals surface area contributed by atoms with Gasteiger partial charge in [0.15, 0.2) is 0 Å². The van der Waals surface area contributed by atoms with E-state index in [0.29, 0.717) is 13.0 Å². The second kappa shape index (κ2) is 4.10. The van der Waals surface area contributed by atoms with Crippen LogP contribution < -0.4 is 4.90 Å². The number of para-hydroxylation sites is 1. The molecule has 0 atom stereocenters. The Bertz CT molecular complexity index is 488. The predicted octanol–water partition coefficient (Wildman–Crippen LogP) is 2.79. The molecule has 0 unspecified atom stereocenters. The van der Waals surface area contributed by atoms with Crippen LogP contribution in [0.3, 0.4) is 0 Å². The summed E-state index contributed by atoms with van der Waals surface area (Å²) in [5.74, 6) is 0. The first-order chi connectivity index (χ1) is 8.06. The smallest absolute Gasteiger partial charge is 0.415 e. The molecular weight excluding hydrogens is 216 g/mol. The van der Waals surface area contributed by atoms with Crippen LogP contribution >= 0.6 is 0 Å². The number of nitrogens with zero attached hydrogens (tertiary/aromatic N) is 2. The number of anilines is 1. The molecule has 0 saturated heterocycles. The minimum atomic E-state index is -0.614. The molecule has 0 bridgehead atoms. The normalized spacial score (nSPS) is 17.0. The van der Waals surface area contributed by atoms with Crippen LogP contribution in [0.2, 0.25) is 0 Å². The van der Waals surface area contributed by atoms with E-state index in [1.807, 2.05) is 44.2 Å². The Kier molecular flexibility index (Phi) is 2.76. The zero-order valence-corrected chi connectivity index (χ0v) is 9.93. The number of rotatable bonds is 2. The summed E-state index contributed by atoms with van der Waals surface area (Å²) in [6.07, 6.45) is -0.0897. The molecule has 0 aromatic heterocycles. The van der Waals surface area contributed by atoms with Crippen molar-refractivity contribution >= 4 is 11.8 Å². The zero-order chi connectivity index (χ0) is 12.5. The summed E-state index contributed by atoms with van der Waals surface area (Å²) in [6, 6.07) is 9.67. The number of hydrogen-bond donors (Lipinski definition) is 0. The largest absolute Gasteiger partial charge is 0.438 e. The van der Waals surface area contributed by atoms with Gasteiger partial charge in [-0.3, -0.25) is 4.90 Å². The molecule has 2 rings (SSSR count). The molecule has 1 aliphatic rings. The van der Waals surface area contributed by atoms with Gasteiger partial charge < -0.3 is 4.74 Å². The monoisotopic (exact) mass is 230 g/mol. The minimum Gasteiger partial charge on any atom is -0.438 e. The van der Waals surface area contributed by atoms with E-state index in [-0.39, 0.29) is 6.09 Å². The number of nitriles is 1. The van der Waals surface area contributed by atoms with E-state index in [1.54, 1.807) is 0 Å². The van der Waals surface area contributed by atoms with Crippen molar-refractivity contribution in [2.45, 2.75) is 25.9 Å². The lowest BCUT2D eigenvalue weighted by molar-refractivity contribution is 0.0351. The second-order valence-corrected chi connectivity index (χ2v) is 4.46. The molecule has 1 aromatic carbocycles. The third kappa shape index (κ3) is 1.96. The molecule has 17 heavy (non-hydrogen) atoms. The van der Waals surface area contributed by atoms with Crippen LogP contribution in [0.4, 0.5) is 10.5 Å². The Labute approximate surface area is 100 Å². The van der Waals surface area contributed by atoms with Crippen LogP contribution in [0.15, 0.2) is 24.3 Å². The summed E-state index contributed by atoms with van der Waals surface area (Å²) in [4.78, 5) is 13.4. The maximum Gasteiger partial charge on any atom is 0.415 e. The van der Waals surface area contributed by atoms with Crippen molar-refractivity contribution in [3.63, 3.8) is 0 Å². The number of carbonyl (C=O) groups is 1. The number of fused-ring (bicyclic) bond motifs is 1. The molecule has 1 heterocycles. The van der Waals surface area contributed by atoms with Crippen LogP contribution in [0, 0.1) is 11.3 Å². The van der Waals surface area contributed by atoms with Crippen LogP contribution in [-0.4, -0.2) is 12.6 Å². The lowest BCUT2D eigenvalue weighted by atomic mass is 9.94. The van der Waals surface area contributed by atoms with Crippen molar-refractivity contribution in [2.24, 2.45) is 0 Å². The summed E-state index contributed by atoms with van der Waals surface area (Å²) in [6.45, 7) is 4.10. The Morgan fingerprint density at radius 3 is 2.82 bits per heavy atom. The Balaban J connectivity index is 2.44. The van der Waals surface area contributed by atoms with E-state index in [0.717, 1.165) is 11.3 Å². The molecule has 0 spiro atoms. The first kappa shape index (κ1) is 11.5. The Morgan fingerprint density at radius 2 is 2.12 bits per heavy atom. The second-order valence-electron chi connectivity index (χ2n) is 4.46. The van der Waals surface area contributed by atoms with Gasteiger partial charge in [0.05, 0.1) is 18.2 Å². The summed E-state index contributed by atoms with van der Waals surface area (Å²) in [5, 5.41) is 8.61. The Hall–Kier alpha value is -2.02. The highest BCUT2D eigenvalue weighted by atomic mass is 16.6. The molecule has 4 heteroatoms. The molecule has 88 valence electrons. The maximum absolute atomic E-state index is 11.9. The molecule has 0 aliphatic carbocycles. The summed E-state index contributed by atoms with van der Waals surface area (Å²) >= 11 is 0. The van der Waals surface area contributed by atoms with Gasteiger partial charge in [-0.15, -0.1) is 0 Å². The van der Waals surface area contributed by atoms with Crippen molar-refractivity contribution < 1.29 is 9.53 Å². The average Bonchev–Trinajstić information content (AvgIpc) is 2.28. The molecule has 1 aromatic rings. The number of carbonyl (C=O) groups excluding carboxylic acids is 1. The van der Waals surface area contributed by atoms with Gasteiger partial charge >= 0.3 is 6.09 Å². The number of cyclic esters (lactones) is 1. The van der Waals surface area contributed by atoms with Gasteiger partial charge in [0.25, 0.3) is 0 Å². The van der Waals surface area contributed by atoms with Gasteiger partial charge in [0.1, 0.15) is 5.60 Å². The fraction of sp³-hybridized carbons (Fsp3) is 0.385. The van der Waals surface area contributed by atoms with E-state index < -0.39 is 5.60 Å². The third-order valence-electron chi connectivity index (χ3n) is 2.85. The number of benzene rings is 1. The summed E-state index contributed by atoms with van der Waals surface area (Å²) in [7, 11) is 0. The fourth-order valence-corrected chi connectivity index (χ4v) is 2.02. The molecule has 0 saturated carbocycles. The van der Waals surface area contributed by atoms with Crippen LogP contribution in [0.25, 0.3) is 0 Å². The van der Waals surface area contributed by atoms with Crippen molar-refractivity contribution in [1.29, 1.82) is 5.26 Å². The first-order valence-electron chi connectivity index (χ1n) is 5.53. The minimum absolute atomic E-state index is 0.295. The third-order valence-corrected chi connectivity index (χ3v) is 2.85. The van der Waals surface area contributed by atoms with Crippen molar-refractivity contribution in [2.75, 3.05) is 11.4 Å². The van der Waals surface area contributed by atoms with E-state index in [9.17, 15) is 4.79 Å². The lowest BCUT2D eigenvalue weighted by Crippen LogP contribution is -2.43. The first-order valence-corrected chi connectivity index (χ1v) is 5.53. The van der Waals surface area contributed by atoms with Gasteiger partial charge in [-0.05, 0) is 19.9 Å². The molecule has 1 amide bonds. The van der Waals surface area contributed by atoms with Crippen molar-refractivity contribution in [1.82, 2.24) is 0 Å². The molecule has 0 radical (unpaired) electrons. The van der Waals surface area contributed by atoms with E-state index >= 15 is 0 Å². The highest BCUT2D eigenvalue weighted by molar-refractivity contribution is 5.91. The van der Waals surface area contributed by atoms with Crippen molar-refractivity contribution in [3.8, 4) is 6.07 Å². The highest BCUT2D eigenvalue weighted by Crippen LogP contribution is 2.38. The standard InChI is InChI=1S/C13H14N2O2/c1-13(2)10-6-3-4-7-11(10)15(9-5-8-14)12(16)17-13/h3-4,6-7H,5,9H2,1-2H3. The molecule has 0 N–H and O–H groups in total. The van der Waals surface area contributed by atoms with E-state index in [4.69, 9.17) is 10.00 Å². The molecular formula is C13H14N2O2. The van der Waals surface area contributed by atoms with Gasteiger partial charge in [0, 0.05) is 12.1 Å². The quantitative estimate of drug-likeness (QED) is 0.785. The van der Waals surface area contributed by atoms with E-state index in [2.05, 4.69) is 0 Å². The maximum atomic E-state index is 11.9. The number of hydrogen-bond acceptors (Lipinski definition) is 3. The van der Waals surface area contributed by atoms with Crippen molar-refractivity contribution in [3.05, 3.63) is 29.8 Å². The Morgan fingerprint density at radius 1 is 1.41 bits per heavy atom. The summed E-state index contributed by atoms with van der Waals surface area (Å²) < 4.78 is 5.39. The highest BCUT2D eigenvalue weighted by Gasteiger charge is 2.37. The van der Waals surface area contributed by atoms with Crippen LogP contribution in [0.5, 0.6) is 0 Å². The fourth-order valence-electron chi connectivity index (χ4n) is 2.02. The SMILES string of the molecule is CC1(C)OC(=O)N(CCC#N)c2ccccc21. The average molecular weight is 230 g/mol. The molecule has 1 aliphatic heterocycles. The molecule has 4 nitrogen and oxygen atoms in total. The number of ether oxygens (including phenoxy) is 1. The molecule has 0 fully saturated rings. The lowest BCUT2D eigenvalue weighted by Gasteiger charge is -2.38. The zero-order valence-electron chi connectivity index (χ0n) is 9.93. The van der Waals surface area contributed by atoms with Gasteiger partial charge in [-0.2, -0.15) is 5.26 Å². The van der Waals surface area contributed by atoms with Gasteiger partial charge in [0.2, 0.25) is 0 Å².